The van der Waals surface area contributed by atoms with E-state index in [0.29, 0.717) is 5.82 Å². The molecule has 0 amide bonds. The lowest BCUT2D eigenvalue weighted by molar-refractivity contribution is -0.384. The Morgan fingerprint density at radius 2 is 2.05 bits per heavy atom. The van der Waals surface area contributed by atoms with E-state index in [9.17, 15) is 15.2 Å². The first-order valence-electron chi connectivity index (χ1n) is 5.68. The largest absolute Gasteiger partial charge is 0.506 e. The maximum atomic E-state index is 10.9. The first-order valence-corrected chi connectivity index (χ1v) is 6.47. The Morgan fingerprint density at radius 1 is 1.30 bits per heavy atom. The number of phenols is 1. The van der Waals surface area contributed by atoms with Crippen LogP contribution in [0.4, 0.5) is 5.69 Å². The Balaban J connectivity index is 2.24. The van der Waals surface area contributed by atoms with Gasteiger partial charge in [-0.15, -0.1) is 0 Å². The molecule has 7 heteroatoms. The fourth-order valence-electron chi connectivity index (χ4n) is 1.95. The molecule has 0 radical (unpaired) electrons. The molecule has 2 N–H and O–H groups in total. The molecule has 100 valence electrons. The molecule has 0 saturated carbocycles. The van der Waals surface area contributed by atoms with Gasteiger partial charge >= 0.3 is 0 Å². The highest BCUT2D eigenvalue weighted by Crippen LogP contribution is 2.38. The Morgan fingerprint density at radius 3 is 2.75 bits per heavy atom. The summed E-state index contributed by atoms with van der Waals surface area (Å²) < 4.78 is 0.252. The number of nitrogens with one attached hydrogen (secondary N) is 1. The zero-order valence-corrected chi connectivity index (χ0v) is 11.6. The Kier molecular flexibility index (Phi) is 2.90. The quantitative estimate of drug-likeness (QED) is 0.553. The number of hydrogen-bond acceptors (Lipinski definition) is 4. The third kappa shape index (κ3) is 2.01. The van der Waals surface area contributed by atoms with E-state index in [1.807, 2.05) is 24.3 Å². The number of para-hydroxylation sites is 2. The number of nitro benzene ring substituents is 1. The summed E-state index contributed by atoms with van der Waals surface area (Å²) >= 11 is 3.11. The van der Waals surface area contributed by atoms with Gasteiger partial charge in [-0.05, 0) is 28.1 Å². The monoisotopic (exact) mass is 333 g/mol. The number of aromatic hydroxyl groups is 1. The van der Waals surface area contributed by atoms with Gasteiger partial charge in [0.05, 0.1) is 26.0 Å². The van der Waals surface area contributed by atoms with E-state index >= 15 is 0 Å². The van der Waals surface area contributed by atoms with Gasteiger partial charge in [-0.1, -0.05) is 12.1 Å². The highest BCUT2D eigenvalue weighted by Gasteiger charge is 2.18. The van der Waals surface area contributed by atoms with E-state index in [1.54, 1.807) is 0 Å². The number of halogens is 1. The van der Waals surface area contributed by atoms with Gasteiger partial charge < -0.3 is 10.1 Å². The summed E-state index contributed by atoms with van der Waals surface area (Å²) in [7, 11) is 0. The van der Waals surface area contributed by atoms with Crippen LogP contribution in [-0.4, -0.2) is 20.0 Å². The van der Waals surface area contributed by atoms with Crippen molar-refractivity contribution in [1.82, 2.24) is 9.97 Å². The molecule has 0 aliphatic heterocycles. The Bertz CT molecular complexity index is 796. The molecule has 1 aromatic heterocycles. The molecule has 0 aliphatic carbocycles. The molecule has 3 aromatic rings. The number of nitrogens with zero attached hydrogens (tertiary/aromatic N) is 2. The third-order valence-electron chi connectivity index (χ3n) is 2.90. The minimum absolute atomic E-state index is 0.0883. The number of imidazole rings is 1. The second-order valence-corrected chi connectivity index (χ2v) is 5.04. The predicted molar refractivity (Wildman–Crippen MR) is 77.5 cm³/mol. The molecule has 20 heavy (non-hydrogen) atoms. The summed E-state index contributed by atoms with van der Waals surface area (Å²) in [6, 6.07) is 9.90. The average Bonchev–Trinajstić information content (AvgIpc) is 2.84. The molecular formula is C13H8BrN3O3. The minimum Gasteiger partial charge on any atom is -0.506 e. The van der Waals surface area contributed by atoms with Crippen molar-refractivity contribution in [3.8, 4) is 17.1 Å². The van der Waals surface area contributed by atoms with Crippen molar-refractivity contribution in [3.63, 3.8) is 0 Å². The molecule has 0 aliphatic rings. The number of H-pyrrole nitrogens is 1. The normalized spacial score (nSPS) is 10.8. The molecule has 0 unspecified atom stereocenters. The molecule has 2 aromatic carbocycles. The zero-order chi connectivity index (χ0) is 14.3. The number of non-ortho nitro benzene ring substituents is 1. The number of phenolic OH excluding ortho intramolecular Hbond substituents is 1. The van der Waals surface area contributed by atoms with Crippen LogP contribution in [0, 0.1) is 10.1 Å². The second-order valence-electron chi connectivity index (χ2n) is 4.18. The average molecular weight is 334 g/mol. The number of nitro groups is 1. The topological polar surface area (TPSA) is 92.1 Å². The van der Waals surface area contributed by atoms with Crippen LogP contribution >= 0.6 is 15.9 Å². The molecule has 1 heterocycles. The van der Waals surface area contributed by atoms with Crippen molar-refractivity contribution in [3.05, 3.63) is 51.0 Å². The van der Waals surface area contributed by atoms with Crippen LogP contribution in [0.1, 0.15) is 0 Å². The smallest absolute Gasteiger partial charge is 0.271 e. The van der Waals surface area contributed by atoms with Crippen LogP contribution in [0.25, 0.3) is 22.4 Å². The lowest BCUT2D eigenvalue weighted by Gasteiger charge is -2.03. The van der Waals surface area contributed by atoms with Gasteiger partial charge in [0.1, 0.15) is 11.6 Å². The molecule has 0 atom stereocenters. The first kappa shape index (κ1) is 12.6. The van der Waals surface area contributed by atoms with Gasteiger partial charge in [-0.25, -0.2) is 4.98 Å². The van der Waals surface area contributed by atoms with Crippen molar-refractivity contribution in [1.29, 1.82) is 0 Å². The van der Waals surface area contributed by atoms with Crippen LogP contribution in [-0.2, 0) is 0 Å². The Hall–Kier alpha value is -2.41. The van der Waals surface area contributed by atoms with Gasteiger partial charge in [-0.3, -0.25) is 10.1 Å². The van der Waals surface area contributed by atoms with Crippen molar-refractivity contribution >= 4 is 32.7 Å². The summed E-state index contributed by atoms with van der Waals surface area (Å²) in [6.45, 7) is 0. The molecular weight excluding hydrogens is 326 g/mol. The van der Waals surface area contributed by atoms with E-state index in [2.05, 4.69) is 25.9 Å². The van der Waals surface area contributed by atoms with Crippen LogP contribution in [0.5, 0.6) is 5.75 Å². The van der Waals surface area contributed by atoms with E-state index in [4.69, 9.17) is 0 Å². The summed E-state index contributed by atoms with van der Waals surface area (Å²) in [5.74, 6) is 0.294. The highest BCUT2D eigenvalue weighted by molar-refractivity contribution is 9.10. The predicted octanol–water partition coefficient (Wildman–Crippen LogP) is 3.61. The van der Waals surface area contributed by atoms with Crippen molar-refractivity contribution in [2.75, 3.05) is 0 Å². The standard InChI is InChI=1S/C13H8BrN3O3/c14-9-6-7(17(19)20)5-8(12(9)18)13-15-10-3-1-2-4-11(10)16-13/h1-6,18H,(H,15,16). The van der Waals surface area contributed by atoms with Crippen LogP contribution in [0.3, 0.4) is 0 Å². The summed E-state index contributed by atoms with van der Waals surface area (Å²) in [5, 5.41) is 20.9. The minimum atomic E-state index is -0.518. The summed E-state index contributed by atoms with van der Waals surface area (Å²) in [5.41, 5.74) is 1.68. The van der Waals surface area contributed by atoms with E-state index in [1.165, 1.54) is 12.1 Å². The summed E-state index contributed by atoms with van der Waals surface area (Å²) in [4.78, 5) is 17.7. The maximum absolute atomic E-state index is 10.9. The molecule has 0 bridgehead atoms. The third-order valence-corrected chi connectivity index (χ3v) is 3.51. The van der Waals surface area contributed by atoms with Crippen molar-refractivity contribution in [2.24, 2.45) is 0 Å². The van der Waals surface area contributed by atoms with Gasteiger partial charge in [0.25, 0.3) is 5.69 Å². The van der Waals surface area contributed by atoms with E-state index < -0.39 is 4.92 Å². The van der Waals surface area contributed by atoms with Gasteiger partial charge in [0.15, 0.2) is 0 Å². The number of aromatic amines is 1. The van der Waals surface area contributed by atoms with Crippen molar-refractivity contribution < 1.29 is 10.0 Å². The SMILES string of the molecule is O=[N+]([O-])c1cc(Br)c(O)c(-c2nc3ccccc3[nH]2)c1. The van der Waals surface area contributed by atoms with Crippen LogP contribution in [0.2, 0.25) is 0 Å². The highest BCUT2D eigenvalue weighted by atomic mass is 79.9. The van der Waals surface area contributed by atoms with Gasteiger partial charge in [0.2, 0.25) is 0 Å². The number of benzene rings is 2. The number of rotatable bonds is 2. The fraction of sp³-hybridized carbons (Fsp3) is 0. The lowest BCUT2D eigenvalue weighted by atomic mass is 10.1. The molecule has 6 nitrogen and oxygen atoms in total. The zero-order valence-electron chi connectivity index (χ0n) is 10.0. The van der Waals surface area contributed by atoms with Gasteiger partial charge in [-0.2, -0.15) is 0 Å². The molecule has 0 saturated heterocycles. The van der Waals surface area contributed by atoms with Gasteiger partial charge in [0, 0.05) is 12.1 Å². The van der Waals surface area contributed by atoms with E-state index in [0.717, 1.165) is 11.0 Å². The summed E-state index contributed by atoms with van der Waals surface area (Å²) in [6.07, 6.45) is 0. The number of fused-ring (bicyclic) bond motifs is 1. The molecule has 3 rings (SSSR count). The van der Waals surface area contributed by atoms with Crippen molar-refractivity contribution in [2.45, 2.75) is 0 Å². The van der Waals surface area contributed by atoms with E-state index in [-0.39, 0.29) is 21.5 Å². The number of aromatic nitrogens is 2. The van der Waals surface area contributed by atoms with Crippen LogP contribution < -0.4 is 0 Å². The lowest BCUT2D eigenvalue weighted by Crippen LogP contribution is -1.91. The Labute approximate surface area is 121 Å². The number of hydrogen-bond donors (Lipinski definition) is 2. The van der Waals surface area contributed by atoms with Crippen LogP contribution in [0.15, 0.2) is 40.9 Å². The molecule has 0 fully saturated rings. The second kappa shape index (κ2) is 4.61. The first-order chi connectivity index (χ1) is 9.56. The fourth-order valence-corrected chi connectivity index (χ4v) is 2.40. The molecule has 0 spiro atoms. The maximum Gasteiger partial charge on any atom is 0.271 e.